The van der Waals surface area contributed by atoms with Gasteiger partial charge in [0.2, 0.25) is 0 Å². The van der Waals surface area contributed by atoms with Gasteiger partial charge in [0, 0.05) is 29.9 Å². The highest BCUT2D eigenvalue weighted by molar-refractivity contribution is 6.30. The molecular weight excluding hydrogens is 282 g/mol. The van der Waals surface area contributed by atoms with Gasteiger partial charge in [-0.25, -0.2) is 9.97 Å². The molecule has 1 saturated heterocycles. The van der Waals surface area contributed by atoms with Crippen LogP contribution >= 0.6 is 11.6 Å². The summed E-state index contributed by atoms with van der Waals surface area (Å²) in [5.74, 6) is 1.78. The van der Waals surface area contributed by atoms with Crippen LogP contribution in [0.1, 0.15) is 29.9 Å². The maximum Gasteiger partial charge on any atom is 0.154 e. The molecule has 0 unspecified atom stereocenters. The van der Waals surface area contributed by atoms with E-state index in [1.165, 1.54) is 12.8 Å². The van der Waals surface area contributed by atoms with E-state index in [1.54, 1.807) is 0 Å². The lowest BCUT2D eigenvalue weighted by atomic mass is 10.2. The molecular formula is C17H18ClN3. The summed E-state index contributed by atoms with van der Waals surface area (Å²) >= 11 is 5.99. The van der Waals surface area contributed by atoms with Crippen molar-refractivity contribution < 1.29 is 0 Å². The van der Waals surface area contributed by atoms with E-state index in [-0.39, 0.29) is 0 Å². The molecule has 1 aromatic carbocycles. The topological polar surface area (TPSA) is 29.0 Å². The first kappa shape index (κ1) is 14.1. The maximum atomic E-state index is 5.99. The van der Waals surface area contributed by atoms with Gasteiger partial charge in [0.15, 0.2) is 5.82 Å². The molecule has 0 spiro atoms. The number of benzene rings is 1. The van der Waals surface area contributed by atoms with Crippen molar-refractivity contribution in [3.05, 3.63) is 52.4 Å². The Morgan fingerprint density at radius 3 is 2.67 bits per heavy atom. The third kappa shape index (κ3) is 3.61. The number of aromatic nitrogens is 2. The summed E-state index contributed by atoms with van der Waals surface area (Å²) in [6, 6.07) is 9.80. The van der Waals surface area contributed by atoms with Crippen LogP contribution in [0, 0.1) is 6.92 Å². The van der Waals surface area contributed by atoms with Gasteiger partial charge in [0.25, 0.3) is 0 Å². The highest BCUT2D eigenvalue weighted by atomic mass is 35.5. The molecule has 2 heterocycles. The van der Waals surface area contributed by atoms with Gasteiger partial charge in [-0.15, -0.1) is 0 Å². The molecule has 0 N–H and O–H groups in total. The molecule has 2 aromatic rings. The second kappa shape index (κ2) is 6.27. The molecule has 0 radical (unpaired) electrons. The van der Waals surface area contributed by atoms with Gasteiger partial charge in [0.05, 0.1) is 0 Å². The minimum Gasteiger partial charge on any atom is -0.356 e. The predicted octanol–water partition coefficient (Wildman–Crippen LogP) is 4.21. The fraction of sp³-hybridized carbons (Fsp3) is 0.294. The molecule has 0 atom stereocenters. The first-order valence-corrected chi connectivity index (χ1v) is 7.63. The van der Waals surface area contributed by atoms with Crippen LogP contribution < -0.4 is 4.90 Å². The molecule has 108 valence electrons. The summed E-state index contributed by atoms with van der Waals surface area (Å²) in [5.41, 5.74) is 2.05. The first-order valence-electron chi connectivity index (χ1n) is 7.25. The van der Waals surface area contributed by atoms with Gasteiger partial charge >= 0.3 is 0 Å². The minimum absolute atomic E-state index is 0.736. The van der Waals surface area contributed by atoms with Crippen molar-refractivity contribution >= 4 is 29.6 Å². The number of nitrogens with zero attached hydrogens (tertiary/aromatic N) is 3. The van der Waals surface area contributed by atoms with Crippen molar-refractivity contribution in [1.29, 1.82) is 0 Å². The third-order valence-corrected chi connectivity index (χ3v) is 3.80. The summed E-state index contributed by atoms with van der Waals surface area (Å²) in [6.45, 7) is 4.19. The van der Waals surface area contributed by atoms with Crippen LogP contribution in [0.25, 0.3) is 12.2 Å². The molecule has 4 heteroatoms. The monoisotopic (exact) mass is 299 g/mol. The minimum atomic E-state index is 0.736. The average molecular weight is 300 g/mol. The van der Waals surface area contributed by atoms with Crippen LogP contribution in [0.5, 0.6) is 0 Å². The molecule has 0 amide bonds. The van der Waals surface area contributed by atoms with Crippen molar-refractivity contribution in [2.75, 3.05) is 18.0 Å². The standard InChI is InChI=1S/C17H18ClN3/c1-13-11-17(21-9-2-3-10-21)20-16(19-13)8-7-14-5-4-6-15(18)12-14/h4-8,11-12H,2-3,9-10H2,1H3/b8-7+. The summed E-state index contributed by atoms with van der Waals surface area (Å²) in [5, 5.41) is 0.736. The van der Waals surface area contributed by atoms with E-state index in [4.69, 9.17) is 11.6 Å². The highest BCUT2D eigenvalue weighted by Gasteiger charge is 2.14. The molecule has 0 aliphatic carbocycles. The van der Waals surface area contributed by atoms with Gasteiger partial charge < -0.3 is 4.90 Å². The van der Waals surface area contributed by atoms with Crippen molar-refractivity contribution in [2.45, 2.75) is 19.8 Å². The maximum absolute atomic E-state index is 5.99. The van der Waals surface area contributed by atoms with Crippen molar-refractivity contribution in [1.82, 2.24) is 9.97 Å². The summed E-state index contributed by atoms with van der Waals surface area (Å²) in [4.78, 5) is 11.5. The Hall–Kier alpha value is -1.87. The zero-order valence-corrected chi connectivity index (χ0v) is 12.8. The van der Waals surface area contributed by atoms with Crippen molar-refractivity contribution in [3.63, 3.8) is 0 Å². The Kier molecular flexibility index (Phi) is 4.20. The lowest BCUT2D eigenvalue weighted by molar-refractivity contribution is 0.915. The second-order valence-electron chi connectivity index (χ2n) is 5.31. The number of hydrogen-bond donors (Lipinski definition) is 0. The first-order chi connectivity index (χ1) is 10.2. The van der Waals surface area contributed by atoms with Crippen LogP contribution in [-0.4, -0.2) is 23.1 Å². The number of aryl methyl sites for hydroxylation is 1. The fourth-order valence-corrected chi connectivity index (χ4v) is 2.74. The summed E-state index contributed by atoms with van der Waals surface area (Å²) in [6.07, 6.45) is 6.43. The zero-order chi connectivity index (χ0) is 14.7. The Labute approximate surface area is 130 Å². The van der Waals surface area contributed by atoms with E-state index in [2.05, 4.69) is 20.9 Å². The normalized spacial score (nSPS) is 15.0. The van der Waals surface area contributed by atoms with E-state index < -0.39 is 0 Å². The van der Waals surface area contributed by atoms with Crippen LogP contribution in [0.4, 0.5) is 5.82 Å². The predicted molar refractivity (Wildman–Crippen MR) is 88.6 cm³/mol. The summed E-state index contributed by atoms with van der Waals surface area (Å²) in [7, 11) is 0. The van der Waals surface area contributed by atoms with E-state index in [0.29, 0.717) is 0 Å². The Morgan fingerprint density at radius 2 is 1.90 bits per heavy atom. The molecule has 1 fully saturated rings. The van der Waals surface area contributed by atoms with Crippen LogP contribution in [0.2, 0.25) is 5.02 Å². The van der Waals surface area contributed by atoms with Gasteiger partial charge in [-0.1, -0.05) is 29.8 Å². The van der Waals surface area contributed by atoms with E-state index in [9.17, 15) is 0 Å². The van der Waals surface area contributed by atoms with Gasteiger partial charge in [-0.2, -0.15) is 0 Å². The van der Waals surface area contributed by atoms with Crippen molar-refractivity contribution in [2.24, 2.45) is 0 Å². The number of halogens is 1. The van der Waals surface area contributed by atoms with Crippen LogP contribution in [0.15, 0.2) is 30.3 Å². The van der Waals surface area contributed by atoms with Gasteiger partial charge in [0.1, 0.15) is 5.82 Å². The smallest absolute Gasteiger partial charge is 0.154 e. The Balaban J connectivity index is 1.84. The Morgan fingerprint density at radius 1 is 1.10 bits per heavy atom. The number of rotatable bonds is 3. The van der Waals surface area contributed by atoms with E-state index in [1.807, 2.05) is 43.3 Å². The highest BCUT2D eigenvalue weighted by Crippen LogP contribution is 2.19. The molecule has 21 heavy (non-hydrogen) atoms. The third-order valence-electron chi connectivity index (χ3n) is 3.56. The largest absolute Gasteiger partial charge is 0.356 e. The number of anilines is 1. The fourth-order valence-electron chi connectivity index (χ4n) is 2.54. The average Bonchev–Trinajstić information content (AvgIpc) is 2.99. The van der Waals surface area contributed by atoms with Crippen LogP contribution in [0.3, 0.4) is 0 Å². The Bertz CT molecular complexity index is 661. The lowest BCUT2D eigenvalue weighted by Crippen LogP contribution is -2.19. The van der Waals surface area contributed by atoms with Gasteiger partial charge in [-0.05, 0) is 43.5 Å². The SMILES string of the molecule is Cc1cc(N2CCCC2)nc(/C=C/c2cccc(Cl)c2)n1. The van der Waals surface area contributed by atoms with E-state index >= 15 is 0 Å². The molecule has 1 aromatic heterocycles. The van der Waals surface area contributed by atoms with Gasteiger partial charge in [-0.3, -0.25) is 0 Å². The molecule has 1 aliphatic rings. The quantitative estimate of drug-likeness (QED) is 0.850. The van der Waals surface area contributed by atoms with E-state index in [0.717, 1.165) is 41.0 Å². The molecule has 3 rings (SSSR count). The molecule has 1 aliphatic heterocycles. The molecule has 0 bridgehead atoms. The molecule has 3 nitrogen and oxygen atoms in total. The number of hydrogen-bond acceptors (Lipinski definition) is 3. The lowest BCUT2D eigenvalue weighted by Gasteiger charge is -2.16. The summed E-state index contributed by atoms with van der Waals surface area (Å²) < 4.78 is 0. The molecule has 0 saturated carbocycles. The van der Waals surface area contributed by atoms with Crippen LogP contribution in [-0.2, 0) is 0 Å². The second-order valence-corrected chi connectivity index (χ2v) is 5.74. The zero-order valence-electron chi connectivity index (χ0n) is 12.1. The van der Waals surface area contributed by atoms with Crippen molar-refractivity contribution in [3.8, 4) is 0 Å².